The van der Waals surface area contributed by atoms with Crippen LogP contribution < -0.4 is 26.4 Å². The van der Waals surface area contributed by atoms with Gasteiger partial charge in [0.1, 0.15) is 10.9 Å². The minimum atomic E-state index is -1.17. The van der Waals surface area contributed by atoms with Crippen molar-refractivity contribution in [2.45, 2.75) is 33.2 Å². The predicted octanol–water partition coefficient (Wildman–Crippen LogP) is 3.40. The number of nitrogen functional groups attached to an aromatic ring is 1. The van der Waals surface area contributed by atoms with Gasteiger partial charge in [0.2, 0.25) is 5.91 Å². The van der Waals surface area contributed by atoms with Crippen LogP contribution in [0.25, 0.3) is 0 Å². The van der Waals surface area contributed by atoms with E-state index in [4.69, 9.17) is 16.2 Å². The van der Waals surface area contributed by atoms with E-state index in [2.05, 4.69) is 9.69 Å². The Morgan fingerprint density at radius 1 is 1.16 bits per heavy atom. The van der Waals surface area contributed by atoms with Crippen molar-refractivity contribution in [1.29, 1.82) is 0 Å². The number of anilines is 2. The van der Waals surface area contributed by atoms with E-state index in [1.807, 2.05) is 32.9 Å². The molecule has 11 heteroatoms. The van der Waals surface area contributed by atoms with E-state index >= 15 is 0 Å². The summed E-state index contributed by atoms with van der Waals surface area (Å²) in [4.78, 5) is 40.7. The van der Waals surface area contributed by atoms with Crippen LogP contribution in [0.3, 0.4) is 0 Å². The second-order valence-corrected chi connectivity index (χ2v) is 9.73. The Labute approximate surface area is 219 Å². The molecule has 0 bridgehead atoms. The number of aryl methyl sites for hydroxylation is 1. The number of primary amides is 1. The number of carbonyl (C=O) groups excluding carboxylic acids is 3. The topological polar surface area (TPSA) is 161 Å². The molecule has 0 saturated heterocycles. The normalized spacial score (nSPS) is 11.7. The van der Waals surface area contributed by atoms with Gasteiger partial charge in [-0.2, -0.15) is 4.37 Å². The molecule has 3 rings (SSSR count). The molecule has 3 aromatic rings. The molecule has 1 atom stereocenters. The number of hydrogen-bond donors (Lipinski definition) is 4. The number of benzene rings is 2. The van der Waals surface area contributed by atoms with Crippen LogP contribution in [0.2, 0.25) is 0 Å². The summed E-state index contributed by atoms with van der Waals surface area (Å²) < 4.78 is 9.21. The first-order valence-corrected chi connectivity index (χ1v) is 12.4. The van der Waals surface area contributed by atoms with E-state index in [1.54, 1.807) is 18.2 Å². The highest BCUT2D eigenvalue weighted by Crippen LogP contribution is 2.36. The summed E-state index contributed by atoms with van der Waals surface area (Å²) in [5.74, 6) is -1.56. The summed E-state index contributed by atoms with van der Waals surface area (Å²) in [6, 6.07) is 10.3. The first kappa shape index (κ1) is 27.5. The molecule has 0 fully saturated rings. The summed E-state index contributed by atoms with van der Waals surface area (Å²) in [6.45, 7) is 6.38. The number of ether oxygens (including phenoxy) is 1. The number of phenols is 1. The van der Waals surface area contributed by atoms with Crippen molar-refractivity contribution in [1.82, 2.24) is 9.69 Å². The maximum absolute atomic E-state index is 14.0. The Balaban J connectivity index is 2.20. The molecule has 0 aliphatic carbocycles. The molecule has 0 aliphatic rings. The number of amides is 3. The maximum atomic E-state index is 14.0. The molecule has 10 nitrogen and oxygen atoms in total. The molecular formula is C26H31N5O5S. The van der Waals surface area contributed by atoms with E-state index < -0.39 is 23.8 Å². The standard InChI is InChI=1S/C26H31N5O5S/c1-14(2)11-12-29-25(34)22(16-7-10-18(32)19(13-16)36-4)31(17-8-5-15(3)6-9-17)26(35)23-20(27)21(24(28)33)30-37-23/h5-10,13-14,22,32H,11-12,27H2,1-4H3,(H2,28,33)(H,29,34)/t22-/m0/s1. The molecule has 37 heavy (non-hydrogen) atoms. The van der Waals surface area contributed by atoms with Gasteiger partial charge >= 0.3 is 0 Å². The molecule has 2 aromatic carbocycles. The lowest BCUT2D eigenvalue weighted by atomic mass is 10.0. The van der Waals surface area contributed by atoms with Gasteiger partial charge in [-0.15, -0.1) is 0 Å². The molecule has 3 amide bonds. The van der Waals surface area contributed by atoms with Crippen molar-refractivity contribution in [2.24, 2.45) is 11.7 Å². The first-order chi connectivity index (χ1) is 17.5. The van der Waals surface area contributed by atoms with Crippen molar-refractivity contribution in [3.8, 4) is 11.5 Å². The number of methoxy groups -OCH3 is 1. The van der Waals surface area contributed by atoms with Crippen LogP contribution in [0.15, 0.2) is 42.5 Å². The van der Waals surface area contributed by atoms with Crippen LogP contribution in [-0.2, 0) is 4.79 Å². The zero-order valence-corrected chi connectivity index (χ0v) is 22.0. The average molecular weight is 526 g/mol. The lowest BCUT2D eigenvalue weighted by molar-refractivity contribution is -0.122. The van der Waals surface area contributed by atoms with Crippen molar-refractivity contribution in [3.63, 3.8) is 0 Å². The number of rotatable bonds is 10. The van der Waals surface area contributed by atoms with Gasteiger partial charge in [-0.25, -0.2) is 0 Å². The third kappa shape index (κ3) is 6.18. The van der Waals surface area contributed by atoms with E-state index in [1.165, 1.54) is 24.1 Å². The largest absolute Gasteiger partial charge is 0.504 e. The Morgan fingerprint density at radius 3 is 2.41 bits per heavy atom. The smallest absolute Gasteiger partial charge is 0.273 e. The monoisotopic (exact) mass is 525 g/mol. The predicted molar refractivity (Wildman–Crippen MR) is 143 cm³/mol. The van der Waals surface area contributed by atoms with E-state index in [9.17, 15) is 19.5 Å². The highest BCUT2D eigenvalue weighted by Gasteiger charge is 2.36. The summed E-state index contributed by atoms with van der Waals surface area (Å²) in [5.41, 5.74) is 12.8. The minimum Gasteiger partial charge on any atom is -0.504 e. The summed E-state index contributed by atoms with van der Waals surface area (Å²) in [6.07, 6.45) is 0.736. The van der Waals surface area contributed by atoms with Gasteiger partial charge in [0.25, 0.3) is 11.8 Å². The molecule has 6 N–H and O–H groups in total. The van der Waals surface area contributed by atoms with Gasteiger partial charge in [-0.3, -0.25) is 19.3 Å². The summed E-state index contributed by atoms with van der Waals surface area (Å²) in [5, 5.41) is 13.1. The van der Waals surface area contributed by atoms with Crippen LogP contribution in [0, 0.1) is 12.8 Å². The van der Waals surface area contributed by atoms with E-state index in [0.29, 0.717) is 23.7 Å². The lowest BCUT2D eigenvalue weighted by Gasteiger charge is -2.31. The van der Waals surface area contributed by atoms with Crippen molar-refractivity contribution < 1.29 is 24.2 Å². The molecule has 0 radical (unpaired) electrons. The molecule has 1 heterocycles. The maximum Gasteiger partial charge on any atom is 0.273 e. The zero-order valence-electron chi connectivity index (χ0n) is 21.1. The number of hydrogen-bond acceptors (Lipinski definition) is 8. The van der Waals surface area contributed by atoms with Gasteiger partial charge < -0.3 is 26.6 Å². The number of nitrogens with one attached hydrogen (secondary N) is 1. The van der Waals surface area contributed by atoms with Gasteiger partial charge in [0.05, 0.1) is 12.8 Å². The van der Waals surface area contributed by atoms with Gasteiger partial charge in [-0.1, -0.05) is 37.6 Å². The van der Waals surface area contributed by atoms with Crippen LogP contribution in [0.4, 0.5) is 11.4 Å². The number of aromatic nitrogens is 1. The summed E-state index contributed by atoms with van der Waals surface area (Å²) >= 11 is 0.731. The number of carbonyl (C=O) groups is 3. The Bertz CT molecular complexity index is 1290. The van der Waals surface area contributed by atoms with Gasteiger partial charge in [0.15, 0.2) is 17.2 Å². The zero-order chi connectivity index (χ0) is 27.3. The third-order valence-corrected chi connectivity index (χ3v) is 6.58. The SMILES string of the molecule is COc1cc([C@@H](C(=O)NCCC(C)C)N(C(=O)c2snc(C(N)=O)c2N)c2ccc(C)cc2)ccc1O. The second-order valence-electron chi connectivity index (χ2n) is 8.96. The highest BCUT2D eigenvalue weighted by molar-refractivity contribution is 7.09. The number of nitrogens with two attached hydrogens (primary N) is 2. The molecule has 196 valence electrons. The van der Waals surface area contributed by atoms with Crippen molar-refractivity contribution in [2.75, 3.05) is 24.3 Å². The quantitative estimate of drug-likeness (QED) is 0.315. The minimum absolute atomic E-state index is 0.0277. The van der Waals surface area contributed by atoms with Crippen LogP contribution in [0.1, 0.15) is 57.6 Å². The van der Waals surface area contributed by atoms with Crippen molar-refractivity contribution >= 4 is 40.6 Å². The Morgan fingerprint density at radius 2 is 1.84 bits per heavy atom. The summed E-state index contributed by atoms with van der Waals surface area (Å²) in [7, 11) is 1.39. The second kappa shape index (κ2) is 11.7. The van der Waals surface area contributed by atoms with Crippen molar-refractivity contribution in [3.05, 3.63) is 64.2 Å². The Hall–Kier alpha value is -4.12. The fourth-order valence-corrected chi connectivity index (χ4v) is 4.43. The molecule has 0 aliphatic heterocycles. The Kier molecular flexibility index (Phi) is 8.72. The number of phenolic OH excluding ortho intramolecular Hbond substituents is 1. The van der Waals surface area contributed by atoms with E-state index in [-0.39, 0.29) is 27.8 Å². The van der Waals surface area contributed by atoms with Crippen LogP contribution in [0.5, 0.6) is 11.5 Å². The first-order valence-electron chi connectivity index (χ1n) is 11.6. The van der Waals surface area contributed by atoms with Gasteiger partial charge in [0, 0.05) is 12.2 Å². The number of aromatic hydroxyl groups is 1. The average Bonchev–Trinajstić information content (AvgIpc) is 3.24. The molecule has 0 spiro atoms. The fraction of sp³-hybridized carbons (Fsp3) is 0.308. The lowest BCUT2D eigenvalue weighted by Crippen LogP contribution is -2.44. The molecule has 0 saturated carbocycles. The van der Waals surface area contributed by atoms with Gasteiger partial charge in [-0.05, 0) is 60.6 Å². The van der Waals surface area contributed by atoms with E-state index in [0.717, 1.165) is 23.5 Å². The van der Waals surface area contributed by atoms with Crippen LogP contribution in [-0.4, -0.2) is 40.9 Å². The molecular weight excluding hydrogens is 494 g/mol. The molecule has 0 unspecified atom stereocenters. The fourth-order valence-electron chi connectivity index (χ4n) is 3.69. The third-order valence-electron chi connectivity index (χ3n) is 5.73. The molecule has 1 aromatic heterocycles. The van der Waals surface area contributed by atoms with Crippen LogP contribution >= 0.6 is 11.5 Å². The number of nitrogens with zero attached hydrogens (tertiary/aromatic N) is 2. The highest BCUT2D eigenvalue weighted by atomic mass is 32.1.